The summed E-state index contributed by atoms with van der Waals surface area (Å²) in [5.41, 5.74) is 1.45. The number of ether oxygens (including phenoxy) is 2. The molecule has 0 aromatic heterocycles. The van der Waals surface area contributed by atoms with E-state index in [1.165, 1.54) is 0 Å². The van der Waals surface area contributed by atoms with Gasteiger partial charge in [-0.1, -0.05) is 35.3 Å². The van der Waals surface area contributed by atoms with E-state index in [0.717, 1.165) is 11.1 Å². The van der Waals surface area contributed by atoms with Crippen LogP contribution in [0, 0.1) is 0 Å². The molecule has 0 radical (unpaired) electrons. The Labute approximate surface area is 165 Å². The molecule has 0 aliphatic carbocycles. The molecule has 2 aromatic rings. The van der Waals surface area contributed by atoms with E-state index in [1.807, 2.05) is 51.1 Å². The van der Waals surface area contributed by atoms with Gasteiger partial charge in [0.05, 0.1) is 13.2 Å². The summed E-state index contributed by atoms with van der Waals surface area (Å²) in [6.45, 7) is 7.20. The lowest BCUT2D eigenvalue weighted by atomic mass is 10.1. The highest BCUT2D eigenvalue weighted by molar-refractivity contribution is 6.31. The number of nitrogens with one attached hydrogen (secondary N) is 1. The van der Waals surface area contributed by atoms with Crippen molar-refractivity contribution in [2.75, 3.05) is 13.2 Å². The Kier molecular flexibility index (Phi) is 7.59. The number of halogens is 2. The highest BCUT2D eigenvalue weighted by Crippen LogP contribution is 2.34. The van der Waals surface area contributed by atoms with Crippen molar-refractivity contribution in [1.82, 2.24) is 5.32 Å². The zero-order valence-electron chi connectivity index (χ0n) is 15.3. The molecule has 6 heteroatoms. The normalized spacial score (nSPS) is 11.5. The summed E-state index contributed by atoms with van der Waals surface area (Å²) < 4.78 is 11.6. The SMILES string of the molecule is CCOc1cc(CNC(C)(C)CO)c(Cl)cc1OCc1cccc(Cl)c1. The van der Waals surface area contributed by atoms with Crippen LogP contribution < -0.4 is 14.8 Å². The van der Waals surface area contributed by atoms with E-state index in [0.29, 0.717) is 41.3 Å². The Hall–Kier alpha value is -1.46. The van der Waals surface area contributed by atoms with Crippen molar-refractivity contribution in [2.24, 2.45) is 0 Å². The Morgan fingerprint density at radius 3 is 2.46 bits per heavy atom. The van der Waals surface area contributed by atoms with Gasteiger partial charge in [-0.05, 0) is 50.1 Å². The number of aliphatic hydroxyl groups excluding tert-OH is 1. The summed E-state index contributed by atoms with van der Waals surface area (Å²) in [4.78, 5) is 0. The molecule has 2 aromatic carbocycles. The van der Waals surface area contributed by atoms with Gasteiger partial charge in [-0.2, -0.15) is 0 Å². The van der Waals surface area contributed by atoms with Gasteiger partial charge in [-0.3, -0.25) is 0 Å². The van der Waals surface area contributed by atoms with Crippen LogP contribution in [0.15, 0.2) is 36.4 Å². The number of hydrogen-bond acceptors (Lipinski definition) is 4. The van der Waals surface area contributed by atoms with Gasteiger partial charge in [0.25, 0.3) is 0 Å². The van der Waals surface area contributed by atoms with E-state index in [-0.39, 0.29) is 6.61 Å². The molecule has 0 aliphatic rings. The number of rotatable bonds is 9. The first-order valence-corrected chi connectivity index (χ1v) is 9.28. The molecular weight excluding hydrogens is 373 g/mol. The standard InChI is InChI=1S/C20H25Cl2NO3/c1-4-25-18-9-15(11-23-20(2,3)13-24)17(22)10-19(18)26-12-14-6-5-7-16(21)8-14/h5-10,23-24H,4,11-13H2,1-3H3. The summed E-state index contributed by atoms with van der Waals surface area (Å²) in [7, 11) is 0. The summed E-state index contributed by atoms with van der Waals surface area (Å²) in [5.74, 6) is 1.22. The van der Waals surface area contributed by atoms with Crippen LogP contribution in [-0.2, 0) is 13.2 Å². The summed E-state index contributed by atoms with van der Waals surface area (Å²) in [6, 6.07) is 11.2. The molecule has 2 rings (SSSR count). The lowest BCUT2D eigenvalue weighted by Gasteiger charge is -2.24. The quantitative estimate of drug-likeness (QED) is 0.635. The van der Waals surface area contributed by atoms with Crippen LogP contribution >= 0.6 is 23.2 Å². The average Bonchev–Trinajstić information content (AvgIpc) is 2.61. The molecule has 0 fully saturated rings. The predicted octanol–water partition coefficient (Wildman–Crippen LogP) is 4.83. The molecule has 0 bridgehead atoms. The first-order chi connectivity index (χ1) is 12.3. The molecule has 2 N–H and O–H groups in total. The van der Waals surface area contributed by atoms with Gasteiger partial charge in [0.15, 0.2) is 11.5 Å². The zero-order chi connectivity index (χ0) is 19.2. The summed E-state index contributed by atoms with van der Waals surface area (Å²) in [6.07, 6.45) is 0. The average molecular weight is 398 g/mol. The minimum absolute atomic E-state index is 0.0315. The Bertz CT molecular complexity index is 735. The largest absolute Gasteiger partial charge is 0.490 e. The smallest absolute Gasteiger partial charge is 0.163 e. The van der Waals surface area contributed by atoms with Crippen molar-refractivity contribution < 1.29 is 14.6 Å². The van der Waals surface area contributed by atoms with Crippen molar-refractivity contribution in [1.29, 1.82) is 0 Å². The first kappa shape index (κ1) is 20.8. The second-order valence-electron chi connectivity index (χ2n) is 6.64. The zero-order valence-corrected chi connectivity index (χ0v) is 16.8. The number of hydrogen-bond donors (Lipinski definition) is 2. The molecule has 4 nitrogen and oxygen atoms in total. The summed E-state index contributed by atoms with van der Waals surface area (Å²) >= 11 is 12.4. The van der Waals surface area contributed by atoms with Gasteiger partial charge in [-0.15, -0.1) is 0 Å². The maximum atomic E-state index is 9.37. The third kappa shape index (κ3) is 6.06. The molecule has 0 atom stereocenters. The maximum Gasteiger partial charge on any atom is 0.163 e. The van der Waals surface area contributed by atoms with Gasteiger partial charge in [0.2, 0.25) is 0 Å². The molecular formula is C20H25Cl2NO3. The van der Waals surface area contributed by atoms with Gasteiger partial charge in [0, 0.05) is 28.2 Å². The third-order valence-corrected chi connectivity index (χ3v) is 4.44. The van der Waals surface area contributed by atoms with Crippen LogP contribution in [0.5, 0.6) is 11.5 Å². The molecule has 0 amide bonds. The minimum Gasteiger partial charge on any atom is -0.490 e. The van der Waals surface area contributed by atoms with Gasteiger partial charge in [0.1, 0.15) is 6.61 Å². The summed E-state index contributed by atoms with van der Waals surface area (Å²) in [5, 5.41) is 13.9. The molecule has 26 heavy (non-hydrogen) atoms. The van der Waals surface area contributed by atoms with Crippen LogP contribution in [-0.4, -0.2) is 23.9 Å². The van der Waals surface area contributed by atoms with E-state index in [4.69, 9.17) is 32.7 Å². The lowest BCUT2D eigenvalue weighted by Crippen LogP contribution is -2.42. The van der Waals surface area contributed by atoms with Gasteiger partial charge >= 0.3 is 0 Å². The van der Waals surface area contributed by atoms with E-state index in [9.17, 15) is 5.11 Å². The molecule has 142 valence electrons. The van der Waals surface area contributed by atoms with E-state index < -0.39 is 5.54 Å². The van der Waals surface area contributed by atoms with Crippen molar-refractivity contribution in [3.8, 4) is 11.5 Å². The highest BCUT2D eigenvalue weighted by Gasteiger charge is 2.17. The van der Waals surface area contributed by atoms with Crippen molar-refractivity contribution in [3.63, 3.8) is 0 Å². The predicted molar refractivity (Wildman–Crippen MR) is 106 cm³/mol. The van der Waals surface area contributed by atoms with Crippen LogP contribution in [0.25, 0.3) is 0 Å². The molecule has 0 spiro atoms. The Balaban J connectivity index is 2.16. The van der Waals surface area contributed by atoms with E-state index >= 15 is 0 Å². The second-order valence-corrected chi connectivity index (χ2v) is 7.48. The first-order valence-electron chi connectivity index (χ1n) is 8.53. The van der Waals surface area contributed by atoms with Gasteiger partial charge in [-0.25, -0.2) is 0 Å². The van der Waals surface area contributed by atoms with Crippen LogP contribution in [0.3, 0.4) is 0 Å². The van der Waals surface area contributed by atoms with E-state index in [1.54, 1.807) is 6.07 Å². The van der Waals surface area contributed by atoms with Crippen LogP contribution in [0.2, 0.25) is 10.0 Å². The topological polar surface area (TPSA) is 50.7 Å². The fourth-order valence-corrected chi connectivity index (χ4v) is 2.71. The second kappa shape index (κ2) is 9.47. The monoisotopic (exact) mass is 397 g/mol. The molecule has 0 saturated heterocycles. The van der Waals surface area contributed by atoms with Crippen LogP contribution in [0.1, 0.15) is 31.9 Å². The fraction of sp³-hybridized carbons (Fsp3) is 0.400. The lowest BCUT2D eigenvalue weighted by molar-refractivity contribution is 0.187. The number of benzene rings is 2. The Morgan fingerprint density at radius 1 is 1.08 bits per heavy atom. The molecule has 0 saturated carbocycles. The van der Waals surface area contributed by atoms with Crippen molar-refractivity contribution in [2.45, 2.75) is 39.5 Å². The van der Waals surface area contributed by atoms with Crippen molar-refractivity contribution in [3.05, 3.63) is 57.6 Å². The Morgan fingerprint density at radius 2 is 1.81 bits per heavy atom. The van der Waals surface area contributed by atoms with Crippen molar-refractivity contribution >= 4 is 23.2 Å². The molecule has 0 unspecified atom stereocenters. The molecule has 0 aliphatic heterocycles. The fourth-order valence-electron chi connectivity index (χ4n) is 2.27. The third-order valence-electron chi connectivity index (χ3n) is 3.85. The minimum atomic E-state index is -0.392. The maximum absolute atomic E-state index is 9.37. The number of aliphatic hydroxyl groups is 1. The molecule has 0 heterocycles. The van der Waals surface area contributed by atoms with E-state index in [2.05, 4.69) is 5.32 Å². The van der Waals surface area contributed by atoms with Gasteiger partial charge < -0.3 is 19.9 Å². The van der Waals surface area contributed by atoms with Crippen LogP contribution in [0.4, 0.5) is 0 Å². The highest BCUT2D eigenvalue weighted by atomic mass is 35.5.